The summed E-state index contributed by atoms with van der Waals surface area (Å²) in [5.74, 6) is 1.12. The molecule has 2 aromatic carbocycles. The van der Waals surface area contributed by atoms with Gasteiger partial charge in [-0.1, -0.05) is 53.6 Å². The molecule has 5 heteroatoms. The number of amides is 1. The van der Waals surface area contributed by atoms with Crippen LogP contribution in [0.1, 0.15) is 42.5 Å². The SMILES string of the molecule is Cc1ccc(C(C)NC(=O)C2CCN(c3cc(-c4cccc(C)c4)ncn3)CC2)cc1. The number of anilines is 1. The fraction of sp³-hybridized carbons (Fsp3) is 0.346. The van der Waals surface area contributed by atoms with Gasteiger partial charge in [-0.25, -0.2) is 9.97 Å². The number of hydrogen-bond acceptors (Lipinski definition) is 4. The van der Waals surface area contributed by atoms with Crippen molar-refractivity contribution in [2.24, 2.45) is 5.92 Å². The third-order valence-electron chi connectivity index (χ3n) is 6.09. The van der Waals surface area contributed by atoms with Crippen LogP contribution in [0, 0.1) is 19.8 Å². The number of aryl methyl sites for hydroxylation is 2. The molecule has 1 aliphatic rings. The summed E-state index contributed by atoms with van der Waals surface area (Å²) < 4.78 is 0. The van der Waals surface area contributed by atoms with E-state index >= 15 is 0 Å². The van der Waals surface area contributed by atoms with Gasteiger partial charge in [0.2, 0.25) is 5.91 Å². The molecule has 0 bridgehead atoms. The summed E-state index contributed by atoms with van der Waals surface area (Å²) in [6, 6.07) is 18.8. The highest BCUT2D eigenvalue weighted by atomic mass is 16.1. The van der Waals surface area contributed by atoms with Crippen molar-refractivity contribution < 1.29 is 4.79 Å². The Labute approximate surface area is 184 Å². The van der Waals surface area contributed by atoms with Gasteiger partial charge in [0, 0.05) is 30.6 Å². The highest BCUT2D eigenvalue weighted by Gasteiger charge is 2.26. The Morgan fingerprint density at radius 2 is 1.74 bits per heavy atom. The molecule has 31 heavy (non-hydrogen) atoms. The lowest BCUT2D eigenvalue weighted by atomic mass is 9.95. The second-order valence-electron chi connectivity index (χ2n) is 8.53. The van der Waals surface area contributed by atoms with Gasteiger partial charge >= 0.3 is 0 Å². The van der Waals surface area contributed by atoms with Crippen LogP contribution >= 0.6 is 0 Å². The van der Waals surface area contributed by atoms with Crippen molar-refractivity contribution in [3.63, 3.8) is 0 Å². The van der Waals surface area contributed by atoms with E-state index in [2.05, 4.69) is 82.6 Å². The number of rotatable bonds is 5. The van der Waals surface area contributed by atoms with Crippen molar-refractivity contribution in [2.75, 3.05) is 18.0 Å². The quantitative estimate of drug-likeness (QED) is 0.648. The van der Waals surface area contributed by atoms with Gasteiger partial charge in [0.05, 0.1) is 11.7 Å². The zero-order valence-corrected chi connectivity index (χ0v) is 18.5. The molecule has 1 aromatic heterocycles. The Morgan fingerprint density at radius 3 is 2.45 bits per heavy atom. The molecule has 160 valence electrons. The minimum absolute atomic E-state index is 0.0184. The van der Waals surface area contributed by atoms with Crippen molar-refractivity contribution in [2.45, 2.75) is 39.7 Å². The molecule has 1 saturated heterocycles. The van der Waals surface area contributed by atoms with Gasteiger partial charge in [0.15, 0.2) is 0 Å². The predicted molar refractivity (Wildman–Crippen MR) is 125 cm³/mol. The maximum absolute atomic E-state index is 12.8. The van der Waals surface area contributed by atoms with Gasteiger partial charge in [0.1, 0.15) is 12.1 Å². The van der Waals surface area contributed by atoms with Crippen LogP contribution in [0.4, 0.5) is 5.82 Å². The molecule has 0 saturated carbocycles. The van der Waals surface area contributed by atoms with Crippen LogP contribution in [-0.2, 0) is 4.79 Å². The number of nitrogens with zero attached hydrogens (tertiary/aromatic N) is 3. The lowest BCUT2D eigenvalue weighted by Crippen LogP contribution is -2.41. The Balaban J connectivity index is 1.36. The van der Waals surface area contributed by atoms with Gasteiger partial charge < -0.3 is 10.2 Å². The second-order valence-corrected chi connectivity index (χ2v) is 8.53. The second kappa shape index (κ2) is 9.29. The summed E-state index contributed by atoms with van der Waals surface area (Å²) in [6.45, 7) is 7.84. The minimum atomic E-state index is 0.0184. The van der Waals surface area contributed by atoms with Gasteiger partial charge in [-0.15, -0.1) is 0 Å². The minimum Gasteiger partial charge on any atom is -0.356 e. The molecule has 4 rings (SSSR count). The topological polar surface area (TPSA) is 58.1 Å². The maximum Gasteiger partial charge on any atom is 0.223 e. The van der Waals surface area contributed by atoms with Crippen molar-refractivity contribution >= 4 is 11.7 Å². The van der Waals surface area contributed by atoms with Gasteiger partial charge in [-0.2, -0.15) is 0 Å². The van der Waals surface area contributed by atoms with Crippen LogP contribution in [0.15, 0.2) is 60.9 Å². The van der Waals surface area contributed by atoms with E-state index in [1.165, 1.54) is 11.1 Å². The van der Waals surface area contributed by atoms with Crippen molar-refractivity contribution in [3.05, 3.63) is 77.6 Å². The monoisotopic (exact) mass is 414 g/mol. The zero-order valence-electron chi connectivity index (χ0n) is 18.5. The molecule has 1 fully saturated rings. The van der Waals surface area contributed by atoms with Gasteiger partial charge in [-0.3, -0.25) is 4.79 Å². The molecule has 0 aliphatic carbocycles. The van der Waals surface area contributed by atoms with E-state index in [1.54, 1.807) is 6.33 Å². The summed E-state index contributed by atoms with van der Waals surface area (Å²) in [7, 11) is 0. The average molecular weight is 415 g/mol. The molecule has 1 unspecified atom stereocenters. The van der Waals surface area contributed by atoms with Crippen molar-refractivity contribution in [1.29, 1.82) is 0 Å². The van der Waals surface area contributed by atoms with Crippen molar-refractivity contribution in [3.8, 4) is 11.3 Å². The zero-order chi connectivity index (χ0) is 21.8. The molecule has 3 aromatic rings. The molecule has 5 nitrogen and oxygen atoms in total. The third kappa shape index (κ3) is 5.10. The Morgan fingerprint density at radius 1 is 1.00 bits per heavy atom. The van der Waals surface area contributed by atoms with Crippen LogP contribution in [-0.4, -0.2) is 29.0 Å². The van der Waals surface area contributed by atoms with Gasteiger partial charge in [-0.05, 0) is 45.2 Å². The van der Waals surface area contributed by atoms with E-state index in [9.17, 15) is 4.79 Å². The van der Waals surface area contributed by atoms with E-state index < -0.39 is 0 Å². The smallest absolute Gasteiger partial charge is 0.223 e. The molecule has 1 aliphatic heterocycles. The molecule has 0 radical (unpaired) electrons. The number of aromatic nitrogens is 2. The van der Waals surface area contributed by atoms with E-state index in [0.717, 1.165) is 48.6 Å². The Hall–Kier alpha value is -3.21. The van der Waals surface area contributed by atoms with E-state index in [1.807, 2.05) is 13.0 Å². The fourth-order valence-corrected chi connectivity index (χ4v) is 4.12. The molecule has 2 heterocycles. The van der Waals surface area contributed by atoms with E-state index in [4.69, 9.17) is 0 Å². The van der Waals surface area contributed by atoms with E-state index in [0.29, 0.717) is 0 Å². The first-order valence-electron chi connectivity index (χ1n) is 11.0. The predicted octanol–water partition coefficient (Wildman–Crippen LogP) is 4.85. The first-order chi connectivity index (χ1) is 15.0. The molecular weight excluding hydrogens is 384 g/mol. The Bertz CT molecular complexity index is 1040. The maximum atomic E-state index is 12.8. The molecule has 1 atom stereocenters. The lowest BCUT2D eigenvalue weighted by Gasteiger charge is -2.32. The number of nitrogens with one attached hydrogen (secondary N) is 1. The Kier molecular flexibility index (Phi) is 6.31. The number of carbonyl (C=O) groups excluding carboxylic acids is 1. The first kappa shape index (κ1) is 21.0. The first-order valence-corrected chi connectivity index (χ1v) is 11.0. The van der Waals surface area contributed by atoms with Crippen LogP contribution < -0.4 is 10.2 Å². The molecule has 1 N–H and O–H groups in total. The summed E-state index contributed by atoms with van der Waals surface area (Å²) in [4.78, 5) is 24.0. The molecule has 0 spiro atoms. The average Bonchev–Trinajstić information content (AvgIpc) is 2.79. The van der Waals surface area contributed by atoms with Crippen LogP contribution in [0.5, 0.6) is 0 Å². The number of hydrogen-bond donors (Lipinski definition) is 1. The van der Waals surface area contributed by atoms with Crippen molar-refractivity contribution in [1.82, 2.24) is 15.3 Å². The van der Waals surface area contributed by atoms with Crippen LogP contribution in [0.2, 0.25) is 0 Å². The molecular formula is C26H30N4O. The summed E-state index contributed by atoms with van der Waals surface area (Å²) >= 11 is 0. The highest BCUT2D eigenvalue weighted by molar-refractivity contribution is 5.79. The number of piperidine rings is 1. The standard InChI is InChI=1S/C26H30N4O/c1-18-7-9-21(10-8-18)20(3)29-26(31)22-11-13-30(14-12-22)25-16-24(27-17-28-25)23-6-4-5-19(2)15-23/h4-10,15-17,20,22H,11-14H2,1-3H3,(H,29,31). The van der Waals surface area contributed by atoms with E-state index in [-0.39, 0.29) is 17.9 Å². The van der Waals surface area contributed by atoms with Crippen LogP contribution in [0.25, 0.3) is 11.3 Å². The molecule has 1 amide bonds. The number of benzene rings is 2. The lowest BCUT2D eigenvalue weighted by molar-refractivity contribution is -0.126. The summed E-state index contributed by atoms with van der Waals surface area (Å²) in [6.07, 6.45) is 3.29. The van der Waals surface area contributed by atoms with Crippen LogP contribution in [0.3, 0.4) is 0 Å². The third-order valence-corrected chi connectivity index (χ3v) is 6.09. The summed E-state index contributed by atoms with van der Waals surface area (Å²) in [5, 5.41) is 3.19. The normalized spacial score (nSPS) is 15.5. The largest absolute Gasteiger partial charge is 0.356 e. The number of carbonyl (C=O) groups is 1. The highest BCUT2D eigenvalue weighted by Crippen LogP contribution is 2.26. The fourth-order valence-electron chi connectivity index (χ4n) is 4.12. The summed E-state index contributed by atoms with van der Waals surface area (Å²) in [5.41, 5.74) is 5.61. The van der Waals surface area contributed by atoms with Gasteiger partial charge in [0.25, 0.3) is 0 Å².